The zero-order valence-corrected chi connectivity index (χ0v) is 11.2. The summed E-state index contributed by atoms with van der Waals surface area (Å²) in [6.45, 7) is 0.197. The summed E-state index contributed by atoms with van der Waals surface area (Å²) in [6, 6.07) is 15.1. The zero-order valence-electron chi connectivity index (χ0n) is 11.2. The van der Waals surface area contributed by atoms with Crippen LogP contribution in [-0.2, 0) is 16.0 Å². The highest BCUT2D eigenvalue weighted by Gasteiger charge is 2.04. The van der Waals surface area contributed by atoms with E-state index in [2.05, 4.69) is 0 Å². The van der Waals surface area contributed by atoms with Crippen molar-refractivity contribution in [2.75, 3.05) is 13.9 Å². The molecule has 4 heteroatoms. The maximum Gasteiger partial charge on any atom is 0.307 e. The summed E-state index contributed by atoms with van der Waals surface area (Å²) in [4.78, 5) is 10.8. The van der Waals surface area contributed by atoms with E-state index in [1.54, 1.807) is 7.11 Å². The van der Waals surface area contributed by atoms with E-state index in [0.717, 1.165) is 16.7 Å². The molecule has 0 unspecified atom stereocenters. The van der Waals surface area contributed by atoms with Crippen molar-refractivity contribution in [2.45, 2.75) is 6.42 Å². The predicted molar refractivity (Wildman–Crippen MR) is 75.7 cm³/mol. The molecular formula is C16H16O4. The fraction of sp³-hybridized carbons (Fsp3) is 0.188. The Labute approximate surface area is 117 Å². The van der Waals surface area contributed by atoms with Gasteiger partial charge in [0.2, 0.25) is 0 Å². The molecule has 0 aliphatic heterocycles. The maximum atomic E-state index is 10.8. The van der Waals surface area contributed by atoms with Gasteiger partial charge in [0.1, 0.15) is 5.75 Å². The van der Waals surface area contributed by atoms with Crippen molar-refractivity contribution in [3.05, 3.63) is 54.1 Å². The van der Waals surface area contributed by atoms with Gasteiger partial charge >= 0.3 is 5.97 Å². The Kier molecular flexibility index (Phi) is 4.74. The lowest BCUT2D eigenvalue weighted by molar-refractivity contribution is -0.136. The molecule has 2 rings (SSSR count). The smallest absolute Gasteiger partial charge is 0.307 e. The third-order valence-electron chi connectivity index (χ3n) is 2.79. The molecule has 1 N–H and O–H groups in total. The van der Waals surface area contributed by atoms with Crippen molar-refractivity contribution in [3.8, 4) is 16.9 Å². The Bertz CT molecular complexity index is 593. The highest BCUT2D eigenvalue weighted by molar-refractivity contribution is 5.72. The predicted octanol–water partition coefficient (Wildman–Crippen LogP) is 2.96. The number of carboxylic acids is 1. The number of aliphatic carboxylic acids is 1. The van der Waals surface area contributed by atoms with Gasteiger partial charge in [-0.25, -0.2) is 0 Å². The quantitative estimate of drug-likeness (QED) is 0.821. The van der Waals surface area contributed by atoms with Crippen molar-refractivity contribution in [1.82, 2.24) is 0 Å². The summed E-state index contributed by atoms with van der Waals surface area (Å²) >= 11 is 0. The Morgan fingerprint density at radius 2 is 1.80 bits per heavy atom. The van der Waals surface area contributed by atoms with Crippen LogP contribution in [0.25, 0.3) is 11.1 Å². The van der Waals surface area contributed by atoms with E-state index >= 15 is 0 Å². The van der Waals surface area contributed by atoms with Crippen LogP contribution in [-0.4, -0.2) is 25.0 Å². The minimum atomic E-state index is -0.834. The molecule has 0 saturated carbocycles. The molecule has 20 heavy (non-hydrogen) atoms. The average molecular weight is 272 g/mol. The van der Waals surface area contributed by atoms with Crippen molar-refractivity contribution in [2.24, 2.45) is 0 Å². The molecule has 4 nitrogen and oxygen atoms in total. The fourth-order valence-electron chi connectivity index (χ4n) is 1.93. The van der Waals surface area contributed by atoms with Crippen LogP contribution in [0.4, 0.5) is 0 Å². The van der Waals surface area contributed by atoms with Crippen LogP contribution < -0.4 is 4.74 Å². The van der Waals surface area contributed by atoms with E-state index in [1.807, 2.05) is 48.5 Å². The number of methoxy groups -OCH3 is 1. The minimum Gasteiger partial charge on any atom is -0.481 e. The van der Waals surface area contributed by atoms with Gasteiger partial charge in [-0.15, -0.1) is 0 Å². The summed E-state index contributed by atoms with van der Waals surface area (Å²) in [5.74, 6) is -0.118. The molecule has 0 radical (unpaired) electrons. The normalized spacial score (nSPS) is 10.2. The van der Waals surface area contributed by atoms with Crippen LogP contribution in [0.5, 0.6) is 5.75 Å². The highest BCUT2D eigenvalue weighted by atomic mass is 16.7. The molecule has 2 aromatic rings. The van der Waals surface area contributed by atoms with Crippen LogP contribution in [0.2, 0.25) is 0 Å². The molecule has 0 fully saturated rings. The molecule has 0 spiro atoms. The second kappa shape index (κ2) is 6.73. The van der Waals surface area contributed by atoms with Crippen LogP contribution in [0.15, 0.2) is 48.5 Å². The van der Waals surface area contributed by atoms with Crippen molar-refractivity contribution >= 4 is 5.97 Å². The van der Waals surface area contributed by atoms with Gasteiger partial charge in [0.05, 0.1) is 6.42 Å². The van der Waals surface area contributed by atoms with Gasteiger partial charge in [-0.2, -0.15) is 0 Å². The number of hydrogen-bond donors (Lipinski definition) is 1. The average Bonchev–Trinajstić information content (AvgIpc) is 2.45. The van der Waals surface area contributed by atoms with Crippen LogP contribution in [0, 0.1) is 0 Å². The second-order valence-corrected chi connectivity index (χ2v) is 4.35. The summed E-state index contributed by atoms with van der Waals surface area (Å²) < 4.78 is 10.3. The van der Waals surface area contributed by atoms with Crippen LogP contribution in [0.3, 0.4) is 0 Å². The lowest BCUT2D eigenvalue weighted by Crippen LogP contribution is -2.00. The number of carboxylic acid groups (broad SMARTS) is 1. The first-order valence-corrected chi connectivity index (χ1v) is 6.22. The third kappa shape index (κ3) is 3.83. The summed E-state index contributed by atoms with van der Waals surface area (Å²) in [5, 5.41) is 8.84. The molecular weight excluding hydrogens is 256 g/mol. The highest BCUT2D eigenvalue weighted by Crippen LogP contribution is 2.24. The first-order valence-electron chi connectivity index (χ1n) is 6.22. The van der Waals surface area contributed by atoms with E-state index in [4.69, 9.17) is 14.6 Å². The van der Waals surface area contributed by atoms with Gasteiger partial charge < -0.3 is 14.6 Å². The summed E-state index contributed by atoms with van der Waals surface area (Å²) in [6.07, 6.45) is 0.0215. The maximum absolute atomic E-state index is 10.8. The SMILES string of the molecule is COCOc1cccc(-c2cccc(CC(=O)O)c2)c1. The van der Waals surface area contributed by atoms with Gasteiger partial charge in [-0.1, -0.05) is 36.4 Å². The number of benzene rings is 2. The Morgan fingerprint density at radius 3 is 2.50 bits per heavy atom. The van der Waals surface area contributed by atoms with Crippen molar-refractivity contribution in [3.63, 3.8) is 0 Å². The van der Waals surface area contributed by atoms with Gasteiger partial charge in [-0.3, -0.25) is 4.79 Å². The second-order valence-electron chi connectivity index (χ2n) is 4.35. The van der Waals surface area contributed by atoms with E-state index < -0.39 is 5.97 Å². The molecule has 0 saturated heterocycles. The number of rotatable bonds is 6. The fourth-order valence-corrected chi connectivity index (χ4v) is 1.93. The lowest BCUT2D eigenvalue weighted by atomic mass is 10.0. The number of carbonyl (C=O) groups is 1. The van der Waals surface area contributed by atoms with Gasteiger partial charge in [0, 0.05) is 7.11 Å². The van der Waals surface area contributed by atoms with Crippen LogP contribution >= 0.6 is 0 Å². The molecule has 0 aliphatic rings. The third-order valence-corrected chi connectivity index (χ3v) is 2.79. The molecule has 0 amide bonds. The Balaban J connectivity index is 2.24. The van der Waals surface area contributed by atoms with Gasteiger partial charge in [-0.05, 0) is 28.8 Å². The summed E-state index contributed by atoms with van der Waals surface area (Å²) in [5.41, 5.74) is 2.72. The van der Waals surface area contributed by atoms with E-state index in [9.17, 15) is 4.79 Å². The number of ether oxygens (including phenoxy) is 2. The topological polar surface area (TPSA) is 55.8 Å². The Hall–Kier alpha value is -2.33. The Morgan fingerprint density at radius 1 is 1.10 bits per heavy atom. The standard InChI is InChI=1S/C16H16O4/c1-19-11-20-15-7-3-6-14(10-15)13-5-2-4-12(8-13)9-16(17)18/h2-8,10H,9,11H2,1H3,(H,17,18). The molecule has 0 heterocycles. The first kappa shape index (κ1) is 14.1. The van der Waals surface area contributed by atoms with E-state index in [0.29, 0.717) is 5.75 Å². The monoisotopic (exact) mass is 272 g/mol. The molecule has 2 aromatic carbocycles. The minimum absolute atomic E-state index is 0.0215. The molecule has 0 bridgehead atoms. The van der Waals surface area contributed by atoms with Crippen molar-refractivity contribution < 1.29 is 19.4 Å². The largest absolute Gasteiger partial charge is 0.481 e. The van der Waals surface area contributed by atoms with E-state index in [1.165, 1.54) is 0 Å². The van der Waals surface area contributed by atoms with Crippen LogP contribution in [0.1, 0.15) is 5.56 Å². The van der Waals surface area contributed by atoms with E-state index in [-0.39, 0.29) is 13.2 Å². The number of hydrogen-bond acceptors (Lipinski definition) is 3. The first-order chi connectivity index (χ1) is 9.69. The van der Waals surface area contributed by atoms with Crippen molar-refractivity contribution in [1.29, 1.82) is 0 Å². The lowest BCUT2D eigenvalue weighted by Gasteiger charge is -2.08. The van der Waals surface area contributed by atoms with Gasteiger partial charge in [0.15, 0.2) is 6.79 Å². The molecule has 0 atom stereocenters. The molecule has 104 valence electrons. The molecule has 0 aromatic heterocycles. The zero-order chi connectivity index (χ0) is 14.4. The summed E-state index contributed by atoms with van der Waals surface area (Å²) in [7, 11) is 1.57. The van der Waals surface area contributed by atoms with Gasteiger partial charge in [0.25, 0.3) is 0 Å². The molecule has 0 aliphatic carbocycles.